The van der Waals surface area contributed by atoms with E-state index >= 15 is 0 Å². The van der Waals surface area contributed by atoms with E-state index in [9.17, 15) is 9.18 Å². The molecule has 7 heteroatoms. The van der Waals surface area contributed by atoms with Crippen LogP contribution in [0.3, 0.4) is 0 Å². The van der Waals surface area contributed by atoms with Gasteiger partial charge < -0.3 is 9.73 Å². The van der Waals surface area contributed by atoms with Crippen LogP contribution in [0.2, 0.25) is 0 Å². The molecule has 2 heterocycles. The summed E-state index contributed by atoms with van der Waals surface area (Å²) in [5, 5.41) is 3.92. The topological polar surface area (TPSA) is 68.0 Å². The third-order valence-electron chi connectivity index (χ3n) is 4.25. The number of aromatic nitrogens is 2. The van der Waals surface area contributed by atoms with Crippen molar-refractivity contribution in [2.45, 2.75) is 19.3 Å². The van der Waals surface area contributed by atoms with Crippen molar-refractivity contribution in [2.24, 2.45) is 0 Å². The molecule has 0 fully saturated rings. The Kier molecular flexibility index (Phi) is 5.43. The minimum Gasteiger partial charge on any atom is -0.441 e. The minimum absolute atomic E-state index is 0.0531. The monoisotopic (exact) mass is 395 g/mol. The summed E-state index contributed by atoms with van der Waals surface area (Å²) in [5.41, 5.74) is 1.75. The summed E-state index contributed by atoms with van der Waals surface area (Å²) in [7, 11) is 0. The van der Waals surface area contributed by atoms with Crippen LogP contribution in [-0.2, 0) is 17.6 Å². The molecule has 4 aromatic rings. The molecule has 1 N–H and O–H groups in total. The Labute approximate surface area is 165 Å². The van der Waals surface area contributed by atoms with Crippen molar-refractivity contribution in [3.8, 4) is 11.3 Å². The highest BCUT2D eigenvalue weighted by Gasteiger charge is 2.10. The lowest BCUT2D eigenvalue weighted by Gasteiger charge is -2.02. The van der Waals surface area contributed by atoms with Crippen molar-refractivity contribution >= 4 is 27.5 Å². The quantitative estimate of drug-likeness (QED) is 0.504. The molecular weight excluding hydrogens is 377 g/mol. The summed E-state index contributed by atoms with van der Waals surface area (Å²) in [6.07, 6.45) is 3.00. The van der Waals surface area contributed by atoms with E-state index in [2.05, 4.69) is 15.3 Å². The van der Waals surface area contributed by atoms with Crippen LogP contribution in [0.25, 0.3) is 21.5 Å². The SMILES string of the molecule is O=C(CCc1ncc(-c2ccc(F)cc2)o1)NCCc1nc2ccccc2s1. The van der Waals surface area contributed by atoms with Gasteiger partial charge in [-0.1, -0.05) is 12.1 Å². The number of aryl methyl sites for hydroxylation is 1. The zero-order valence-electron chi connectivity index (χ0n) is 15.0. The number of fused-ring (bicyclic) bond motifs is 1. The summed E-state index contributed by atoms with van der Waals surface area (Å²) in [6.45, 7) is 0.547. The fraction of sp³-hybridized carbons (Fsp3) is 0.190. The lowest BCUT2D eigenvalue weighted by molar-refractivity contribution is -0.121. The van der Waals surface area contributed by atoms with E-state index in [4.69, 9.17) is 4.42 Å². The number of hydrogen-bond acceptors (Lipinski definition) is 5. The van der Waals surface area contributed by atoms with Crippen molar-refractivity contribution in [1.29, 1.82) is 0 Å². The maximum atomic E-state index is 13.0. The van der Waals surface area contributed by atoms with Crippen LogP contribution in [0.4, 0.5) is 4.39 Å². The van der Waals surface area contributed by atoms with Crippen LogP contribution < -0.4 is 5.32 Å². The zero-order chi connectivity index (χ0) is 19.3. The summed E-state index contributed by atoms with van der Waals surface area (Å²) in [4.78, 5) is 20.8. The minimum atomic E-state index is -0.300. The number of benzene rings is 2. The van der Waals surface area contributed by atoms with Crippen LogP contribution in [-0.4, -0.2) is 22.4 Å². The summed E-state index contributed by atoms with van der Waals surface area (Å²) < 4.78 is 19.8. The van der Waals surface area contributed by atoms with Crippen LogP contribution in [0.5, 0.6) is 0 Å². The van der Waals surface area contributed by atoms with Gasteiger partial charge in [0, 0.05) is 31.4 Å². The Morgan fingerprint density at radius 1 is 1.11 bits per heavy atom. The number of carbonyl (C=O) groups excluding carboxylic acids is 1. The molecule has 0 aliphatic rings. The predicted octanol–water partition coefficient (Wildman–Crippen LogP) is 4.38. The molecule has 0 spiro atoms. The first-order valence-corrected chi connectivity index (χ1v) is 9.81. The lowest BCUT2D eigenvalue weighted by Crippen LogP contribution is -2.25. The number of thiazole rings is 1. The van der Waals surface area contributed by atoms with Crippen LogP contribution in [0.1, 0.15) is 17.3 Å². The lowest BCUT2D eigenvalue weighted by atomic mass is 10.2. The Morgan fingerprint density at radius 3 is 2.75 bits per heavy atom. The van der Waals surface area contributed by atoms with Crippen molar-refractivity contribution in [1.82, 2.24) is 15.3 Å². The second kappa shape index (κ2) is 8.31. The van der Waals surface area contributed by atoms with Gasteiger partial charge in [0.1, 0.15) is 5.82 Å². The molecule has 0 atom stereocenters. The van der Waals surface area contributed by atoms with Gasteiger partial charge in [-0.25, -0.2) is 14.4 Å². The van der Waals surface area contributed by atoms with Crippen molar-refractivity contribution < 1.29 is 13.6 Å². The first kappa shape index (κ1) is 18.3. The van der Waals surface area contributed by atoms with E-state index in [1.807, 2.05) is 24.3 Å². The Morgan fingerprint density at radius 2 is 1.93 bits per heavy atom. The van der Waals surface area contributed by atoms with Gasteiger partial charge in [-0.15, -0.1) is 11.3 Å². The van der Waals surface area contributed by atoms with Crippen molar-refractivity contribution in [2.75, 3.05) is 6.54 Å². The standard InChI is InChI=1S/C21H18FN3O2S/c22-15-7-5-14(6-8-15)17-13-24-20(27-17)10-9-19(26)23-12-11-21-25-16-3-1-2-4-18(16)28-21/h1-8,13H,9-12H2,(H,23,26). The summed E-state index contributed by atoms with van der Waals surface area (Å²) >= 11 is 1.65. The zero-order valence-corrected chi connectivity index (χ0v) is 15.8. The third kappa shape index (κ3) is 4.43. The molecular formula is C21H18FN3O2S. The number of nitrogens with one attached hydrogen (secondary N) is 1. The van der Waals surface area contributed by atoms with Gasteiger partial charge in [0.05, 0.1) is 21.4 Å². The highest BCUT2D eigenvalue weighted by Crippen LogP contribution is 2.22. The number of amides is 1. The molecule has 0 bridgehead atoms. The average Bonchev–Trinajstić information content (AvgIpc) is 3.33. The van der Waals surface area contributed by atoms with Gasteiger partial charge in [-0.2, -0.15) is 0 Å². The highest BCUT2D eigenvalue weighted by atomic mass is 32.1. The number of para-hydroxylation sites is 1. The predicted molar refractivity (Wildman–Crippen MR) is 107 cm³/mol. The van der Waals surface area contributed by atoms with E-state index < -0.39 is 0 Å². The molecule has 0 aliphatic heterocycles. The fourth-order valence-corrected chi connectivity index (χ4v) is 3.78. The molecule has 2 aromatic heterocycles. The summed E-state index contributed by atoms with van der Waals surface area (Å²) in [5.74, 6) is 0.695. The molecule has 0 radical (unpaired) electrons. The summed E-state index contributed by atoms with van der Waals surface area (Å²) in [6, 6.07) is 14.0. The molecule has 28 heavy (non-hydrogen) atoms. The molecule has 2 aromatic carbocycles. The van der Waals surface area contributed by atoms with Gasteiger partial charge in [0.15, 0.2) is 11.7 Å². The molecule has 1 amide bonds. The largest absolute Gasteiger partial charge is 0.441 e. The van der Waals surface area contributed by atoms with Crippen LogP contribution in [0.15, 0.2) is 59.1 Å². The maximum Gasteiger partial charge on any atom is 0.220 e. The Bertz CT molecular complexity index is 1060. The second-order valence-corrected chi connectivity index (χ2v) is 7.42. The molecule has 0 saturated carbocycles. The second-order valence-electron chi connectivity index (χ2n) is 6.30. The van der Waals surface area contributed by atoms with E-state index in [-0.39, 0.29) is 11.7 Å². The Balaban J connectivity index is 1.24. The number of rotatable bonds is 7. The van der Waals surface area contributed by atoms with E-state index in [1.54, 1.807) is 29.7 Å². The Hall–Kier alpha value is -3.06. The van der Waals surface area contributed by atoms with E-state index in [0.29, 0.717) is 37.5 Å². The number of hydrogen-bond donors (Lipinski definition) is 1. The first-order chi connectivity index (χ1) is 13.7. The van der Waals surface area contributed by atoms with Gasteiger partial charge in [0.25, 0.3) is 0 Å². The average molecular weight is 395 g/mol. The molecule has 0 aliphatic carbocycles. The molecule has 5 nitrogen and oxygen atoms in total. The van der Waals surface area contributed by atoms with Crippen LogP contribution >= 0.6 is 11.3 Å². The maximum absolute atomic E-state index is 13.0. The smallest absolute Gasteiger partial charge is 0.220 e. The molecule has 142 valence electrons. The molecule has 0 unspecified atom stereocenters. The van der Waals surface area contributed by atoms with Crippen molar-refractivity contribution in [3.05, 3.63) is 71.4 Å². The highest BCUT2D eigenvalue weighted by molar-refractivity contribution is 7.18. The molecule has 4 rings (SSSR count). The number of carbonyl (C=O) groups is 1. The van der Waals surface area contributed by atoms with E-state index in [1.165, 1.54) is 12.1 Å². The number of oxazole rings is 1. The number of halogens is 1. The van der Waals surface area contributed by atoms with Gasteiger partial charge in [-0.05, 0) is 36.4 Å². The van der Waals surface area contributed by atoms with Gasteiger partial charge in [0.2, 0.25) is 5.91 Å². The first-order valence-electron chi connectivity index (χ1n) is 8.99. The fourth-order valence-electron chi connectivity index (χ4n) is 2.82. The van der Waals surface area contributed by atoms with Crippen LogP contribution in [0, 0.1) is 5.82 Å². The molecule has 0 saturated heterocycles. The normalized spacial score (nSPS) is 11.0. The van der Waals surface area contributed by atoms with Gasteiger partial charge >= 0.3 is 0 Å². The van der Waals surface area contributed by atoms with Crippen molar-refractivity contribution in [3.63, 3.8) is 0 Å². The number of nitrogens with zero attached hydrogens (tertiary/aromatic N) is 2. The van der Waals surface area contributed by atoms with Gasteiger partial charge in [-0.3, -0.25) is 4.79 Å². The van der Waals surface area contributed by atoms with E-state index in [0.717, 1.165) is 20.8 Å². The third-order valence-corrected chi connectivity index (χ3v) is 5.34.